The Balaban J connectivity index is 2.63. The SMILES string of the molecule is N[C@H]1[C@@H](O)[C@H](O)[C@@H](N)C[C@@H]1O. The van der Waals surface area contributed by atoms with Crippen molar-refractivity contribution in [2.24, 2.45) is 11.5 Å². The highest BCUT2D eigenvalue weighted by Gasteiger charge is 2.38. The molecule has 0 unspecified atom stereocenters. The molecule has 5 nitrogen and oxygen atoms in total. The average Bonchev–Trinajstić information content (AvgIpc) is 1.97. The van der Waals surface area contributed by atoms with E-state index < -0.39 is 30.4 Å². The second-order valence-corrected chi connectivity index (χ2v) is 3.03. The Morgan fingerprint density at radius 1 is 1.00 bits per heavy atom. The fourth-order valence-corrected chi connectivity index (χ4v) is 1.28. The van der Waals surface area contributed by atoms with Gasteiger partial charge in [-0.2, -0.15) is 0 Å². The Labute approximate surface area is 64.6 Å². The molecule has 0 aromatic carbocycles. The van der Waals surface area contributed by atoms with E-state index in [-0.39, 0.29) is 6.42 Å². The molecule has 0 amide bonds. The summed E-state index contributed by atoms with van der Waals surface area (Å²) in [4.78, 5) is 0. The first-order valence-electron chi connectivity index (χ1n) is 3.59. The molecule has 5 atom stereocenters. The second kappa shape index (κ2) is 3.04. The summed E-state index contributed by atoms with van der Waals surface area (Å²) in [6, 6.07) is -1.37. The smallest absolute Gasteiger partial charge is 0.0990 e. The fraction of sp³-hybridized carbons (Fsp3) is 1.00. The van der Waals surface area contributed by atoms with Crippen LogP contribution >= 0.6 is 0 Å². The molecule has 1 aliphatic rings. The summed E-state index contributed by atoms with van der Waals surface area (Å²) in [5, 5.41) is 27.5. The van der Waals surface area contributed by atoms with Crippen LogP contribution in [0.15, 0.2) is 0 Å². The molecule has 0 bridgehead atoms. The Morgan fingerprint density at radius 3 is 2.09 bits per heavy atom. The van der Waals surface area contributed by atoms with Gasteiger partial charge < -0.3 is 26.8 Å². The van der Waals surface area contributed by atoms with E-state index in [1.54, 1.807) is 0 Å². The molecular weight excluding hydrogens is 148 g/mol. The number of hydrogen-bond acceptors (Lipinski definition) is 5. The maximum absolute atomic E-state index is 9.17. The minimum Gasteiger partial charge on any atom is -0.391 e. The van der Waals surface area contributed by atoms with E-state index in [0.717, 1.165) is 0 Å². The summed E-state index contributed by atoms with van der Waals surface area (Å²) < 4.78 is 0. The first kappa shape index (κ1) is 8.89. The molecule has 7 N–H and O–H groups in total. The number of aliphatic hydroxyl groups excluding tert-OH is 3. The topological polar surface area (TPSA) is 113 Å². The summed E-state index contributed by atoms with van der Waals surface area (Å²) >= 11 is 0. The summed E-state index contributed by atoms with van der Waals surface area (Å²) in [7, 11) is 0. The molecule has 66 valence electrons. The second-order valence-electron chi connectivity index (χ2n) is 3.03. The third-order valence-corrected chi connectivity index (χ3v) is 2.14. The van der Waals surface area contributed by atoms with Crippen LogP contribution in [0.4, 0.5) is 0 Å². The van der Waals surface area contributed by atoms with Crippen molar-refractivity contribution in [3.8, 4) is 0 Å². The summed E-state index contributed by atoms with van der Waals surface area (Å²) in [5.41, 5.74) is 10.8. The molecule has 0 aromatic rings. The molecule has 0 aromatic heterocycles. The third-order valence-electron chi connectivity index (χ3n) is 2.14. The van der Waals surface area contributed by atoms with Gasteiger partial charge in [0.15, 0.2) is 0 Å². The van der Waals surface area contributed by atoms with Crippen molar-refractivity contribution in [2.75, 3.05) is 0 Å². The van der Waals surface area contributed by atoms with Gasteiger partial charge in [0.1, 0.15) is 0 Å². The van der Waals surface area contributed by atoms with Crippen LogP contribution in [0.1, 0.15) is 6.42 Å². The van der Waals surface area contributed by atoms with Crippen molar-refractivity contribution in [3.05, 3.63) is 0 Å². The molecule has 11 heavy (non-hydrogen) atoms. The van der Waals surface area contributed by atoms with Gasteiger partial charge in [0.25, 0.3) is 0 Å². The van der Waals surface area contributed by atoms with Crippen molar-refractivity contribution in [1.82, 2.24) is 0 Å². The number of nitrogens with two attached hydrogens (primary N) is 2. The normalized spacial score (nSPS) is 52.6. The first-order chi connectivity index (χ1) is 5.04. The van der Waals surface area contributed by atoms with E-state index in [2.05, 4.69) is 0 Å². The predicted octanol–water partition coefficient (Wildman–Crippen LogP) is -2.87. The lowest BCUT2D eigenvalue weighted by atomic mass is 9.85. The van der Waals surface area contributed by atoms with Gasteiger partial charge in [0.2, 0.25) is 0 Å². The monoisotopic (exact) mass is 162 g/mol. The Kier molecular flexibility index (Phi) is 2.46. The molecule has 1 saturated carbocycles. The Morgan fingerprint density at radius 2 is 1.55 bits per heavy atom. The zero-order valence-corrected chi connectivity index (χ0v) is 6.09. The van der Waals surface area contributed by atoms with Gasteiger partial charge in [-0.3, -0.25) is 0 Å². The van der Waals surface area contributed by atoms with E-state index in [9.17, 15) is 5.11 Å². The van der Waals surface area contributed by atoms with Gasteiger partial charge >= 0.3 is 0 Å². The molecule has 1 fully saturated rings. The van der Waals surface area contributed by atoms with Crippen LogP contribution in [0, 0.1) is 0 Å². The van der Waals surface area contributed by atoms with Gasteiger partial charge in [0, 0.05) is 6.04 Å². The van der Waals surface area contributed by atoms with Gasteiger partial charge in [-0.15, -0.1) is 0 Å². The molecule has 0 spiro atoms. The van der Waals surface area contributed by atoms with Crippen molar-refractivity contribution < 1.29 is 15.3 Å². The minimum absolute atomic E-state index is 0.236. The van der Waals surface area contributed by atoms with Crippen LogP contribution in [0.5, 0.6) is 0 Å². The molecule has 0 heterocycles. The molecule has 0 radical (unpaired) electrons. The number of rotatable bonds is 0. The van der Waals surface area contributed by atoms with Gasteiger partial charge in [-0.1, -0.05) is 0 Å². The van der Waals surface area contributed by atoms with E-state index in [1.165, 1.54) is 0 Å². The number of aliphatic hydroxyl groups is 3. The van der Waals surface area contributed by atoms with Crippen LogP contribution in [0.25, 0.3) is 0 Å². The predicted molar refractivity (Wildman–Crippen MR) is 38.6 cm³/mol. The molecule has 1 aliphatic carbocycles. The highest BCUT2D eigenvalue weighted by molar-refractivity contribution is 4.96. The minimum atomic E-state index is -1.12. The standard InChI is InChI=1S/C6H14N2O3/c7-2-1-3(9)4(8)6(11)5(2)10/h2-6,9-11H,1,7-8H2/t2-,3-,4+,5+,6+/m0/s1. The Bertz CT molecular complexity index is 130. The van der Waals surface area contributed by atoms with Gasteiger partial charge in [-0.25, -0.2) is 0 Å². The molecule has 0 saturated heterocycles. The van der Waals surface area contributed by atoms with Crippen LogP contribution in [0.2, 0.25) is 0 Å². The van der Waals surface area contributed by atoms with Crippen molar-refractivity contribution in [2.45, 2.75) is 36.8 Å². The lowest BCUT2D eigenvalue weighted by Crippen LogP contribution is -2.61. The first-order valence-corrected chi connectivity index (χ1v) is 3.59. The molecule has 0 aliphatic heterocycles. The Hall–Kier alpha value is -0.200. The van der Waals surface area contributed by atoms with E-state index in [1.807, 2.05) is 0 Å². The van der Waals surface area contributed by atoms with E-state index >= 15 is 0 Å². The lowest BCUT2D eigenvalue weighted by molar-refractivity contribution is -0.0748. The van der Waals surface area contributed by atoms with Crippen molar-refractivity contribution >= 4 is 0 Å². The quantitative estimate of drug-likeness (QED) is 0.263. The average molecular weight is 162 g/mol. The summed E-state index contributed by atoms with van der Waals surface area (Å²) in [6.45, 7) is 0. The highest BCUT2D eigenvalue weighted by atomic mass is 16.3. The van der Waals surface area contributed by atoms with Gasteiger partial charge in [-0.05, 0) is 6.42 Å². The fourth-order valence-electron chi connectivity index (χ4n) is 1.28. The largest absolute Gasteiger partial charge is 0.391 e. The zero-order chi connectivity index (χ0) is 8.59. The maximum atomic E-state index is 9.17. The lowest BCUT2D eigenvalue weighted by Gasteiger charge is -2.37. The zero-order valence-electron chi connectivity index (χ0n) is 6.09. The van der Waals surface area contributed by atoms with Crippen molar-refractivity contribution in [3.63, 3.8) is 0 Å². The van der Waals surface area contributed by atoms with Gasteiger partial charge in [0.05, 0.1) is 24.4 Å². The van der Waals surface area contributed by atoms with Crippen LogP contribution in [0.3, 0.4) is 0 Å². The number of hydrogen-bond donors (Lipinski definition) is 5. The molecule has 5 heteroatoms. The van der Waals surface area contributed by atoms with Crippen molar-refractivity contribution in [1.29, 1.82) is 0 Å². The van der Waals surface area contributed by atoms with E-state index in [4.69, 9.17) is 21.7 Å². The highest BCUT2D eigenvalue weighted by Crippen LogP contribution is 2.17. The maximum Gasteiger partial charge on any atom is 0.0990 e. The van der Waals surface area contributed by atoms with E-state index in [0.29, 0.717) is 0 Å². The summed E-state index contributed by atoms with van der Waals surface area (Å²) in [6.07, 6.45) is -2.72. The third kappa shape index (κ3) is 1.52. The van der Waals surface area contributed by atoms with Crippen LogP contribution in [-0.2, 0) is 0 Å². The molecule has 1 rings (SSSR count). The summed E-state index contributed by atoms with van der Waals surface area (Å²) in [5.74, 6) is 0. The molecular formula is C6H14N2O3. The van der Waals surface area contributed by atoms with Crippen LogP contribution in [-0.4, -0.2) is 45.7 Å². The van der Waals surface area contributed by atoms with Crippen LogP contribution < -0.4 is 11.5 Å².